The largest absolute Gasteiger partial charge is 0.388 e. The number of hydrogen-bond donors (Lipinski definition) is 2. The summed E-state index contributed by atoms with van der Waals surface area (Å²) in [4.78, 5) is 2.11. The minimum absolute atomic E-state index is 0.0388. The normalized spacial score (nSPS) is 24.8. The second-order valence-electron chi connectivity index (χ2n) is 5.97. The highest BCUT2D eigenvalue weighted by Crippen LogP contribution is 2.32. The van der Waals surface area contributed by atoms with Gasteiger partial charge in [-0.3, -0.25) is 0 Å². The summed E-state index contributed by atoms with van der Waals surface area (Å²) in [6, 6.07) is 5.17. The number of benzene rings is 1. The van der Waals surface area contributed by atoms with E-state index < -0.39 is 5.60 Å². The summed E-state index contributed by atoms with van der Waals surface area (Å²) in [6.45, 7) is 8.07. The summed E-state index contributed by atoms with van der Waals surface area (Å²) in [5.41, 5.74) is 0.911. The van der Waals surface area contributed by atoms with Crippen LogP contribution in [0.3, 0.4) is 0 Å². The zero-order valence-electron chi connectivity index (χ0n) is 12.6. The van der Waals surface area contributed by atoms with E-state index >= 15 is 0 Å². The summed E-state index contributed by atoms with van der Waals surface area (Å²) >= 11 is 0. The van der Waals surface area contributed by atoms with Crippen molar-refractivity contribution in [3.8, 4) is 0 Å². The lowest BCUT2D eigenvalue weighted by Crippen LogP contribution is -2.46. The molecule has 0 radical (unpaired) electrons. The molecule has 20 heavy (non-hydrogen) atoms. The third-order valence-electron chi connectivity index (χ3n) is 3.99. The Hall–Kier alpha value is -1.13. The van der Waals surface area contributed by atoms with Crippen LogP contribution in [-0.4, -0.2) is 30.3 Å². The highest BCUT2D eigenvalue weighted by atomic mass is 19.1. The molecule has 3 nitrogen and oxygen atoms in total. The zero-order chi connectivity index (χ0) is 14.8. The quantitative estimate of drug-likeness (QED) is 0.890. The van der Waals surface area contributed by atoms with E-state index in [-0.39, 0.29) is 11.9 Å². The van der Waals surface area contributed by atoms with Crippen LogP contribution in [0.4, 0.5) is 10.1 Å². The Kier molecular flexibility index (Phi) is 4.66. The Labute approximate surface area is 120 Å². The van der Waals surface area contributed by atoms with E-state index in [1.54, 1.807) is 6.07 Å². The molecule has 2 atom stereocenters. The first-order valence-corrected chi connectivity index (χ1v) is 7.44. The van der Waals surface area contributed by atoms with Crippen LogP contribution in [0.5, 0.6) is 0 Å². The Morgan fingerprint density at radius 1 is 1.50 bits per heavy atom. The fourth-order valence-electron chi connectivity index (χ4n) is 3.06. The first-order valence-electron chi connectivity index (χ1n) is 7.44. The fourth-order valence-corrected chi connectivity index (χ4v) is 3.06. The predicted molar refractivity (Wildman–Crippen MR) is 80.6 cm³/mol. The predicted octanol–water partition coefficient (Wildman–Crippen LogP) is 2.85. The highest BCUT2D eigenvalue weighted by molar-refractivity contribution is 5.56. The maximum absolute atomic E-state index is 14.2. The molecule has 2 N–H and O–H groups in total. The molecule has 2 unspecified atom stereocenters. The van der Waals surface area contributed by atoms with Crippen molar-refractivity contribution < 1.29 is 9.50 Å². The number of piperidine rings is 1. The van der Waals surface area contributed by atoms with Gasteiger partial charge in [-0.25, -0.2) is 4.39 Å². The van der Waals surface area contributed by atoms with Gasteiger partial charge in [0.2, 0.25) is 0 Å². The molecule has 0 aromatic heterocycles. The van der Waals surface area contributed by atoms with Gasteiger partial charge in [0, 0.05) is 30.4 Å². The number of hydrogen-bond acceptors (Lipinski definition) is 3. The van der Waals surface area contributed by atoms with E-state index in [0.29, 0.717) is 12.1 Å². The first kappa shape index (κ1) is 15.3. The molecule has 0 aliphatic carbocycles. The summed E-state index contributed by atoms with van der Waals surface area (Å²) in [6.07, 6.45) is 1.73. The maximum Gasteiger partial charge on any atom is 0.130 e. The van der Waals surface area contributed by atoms with E-state index in [1.165, 1.54) is 6.07 Å². The number of anilines is 1. The van der Waals surface area contributed by atoms with E-state index in [1.807, 2.05) is 26.8 Å². The van der Waals surface area contributed by atoms with Crippen LogP contribution in [0.15, 0.2) is 18.2 Å². The number of rotatable bonds is 4. The lowest BCUT2D eigenvalue weighted by atomic mass is 9.93. The van der Waals surface area contributed by atoms with Crippen molar-refractivity contribution in [1.29, 1.82) is 0 Å². The fraction of sp³-hybridized carbons (Fsp3) is 0.625. The van der Waals surface area contributed by atoms with Gasteiger partial charge in [-0.2, -0.15) is 0 Å². The molecule has 1 aromatic carbocycles. The molecule has 1 saturated heterocycles. The van der Waals surface area contributed by atoms with Gasteiger partial charge in [-0.1, -0.05) is 13.0 Å². The van der Waals surface area contributed by atoms with Crippen molar-refractivity contribution in [2.45, 2.75) is 45.3 Å². The van der Waals surface area contributed by atoms with Crippen LogP contribution in [0, 0.1) is 5.82 Å². The molecule has 0 spiro atoms. The van der Waals surface area contributed by atoms with Crippen LogP contribution >= 0.6 is 0 Å². The number of aliphatic hydroxyl groups is 1. The average molecular weight is 280 g/mol. The van der Waals surface area contributed by atoms with Gasteiger partial charge >= 0.3 is 0 Å². The van der Waals surface area contributed by atoms with E-state index in [9.17, 15) is 9.50 Å². The summed E-state index contributed by atoms with van der Waals surface area (Å²) in [5.74, 6) is -0.179. The second-order valence-corrected chi connectivity index (χ2v) is 5.97. The topological polar surface area (TPSA) is 35.5 Å². The Morgan fingerprint density at radius 2 is 2.25 bits per heavy atom. The molecular formula is C16H25FN2O. The summed E-state index contributed by atoms with van der Waals surface area (Å²) in [7, 11) is 0. The van der Waals surface area contributed by atoms with E-state index in [4.69, 9.17) is 0 Å². The molecule has 0 bridgehead atoms. The van der Waals surface area contributed by atoms with Crippen LogP contribution in [0.2, 0.25) is 0 Å². The summed E-state index contributed by atoms with van der Waals surface area (Å²) < 4.78 is 14.2. The molecular weight excluding hydrogens is 255 g/mol. The standard InChI is InChI=1S/C16H25FN2O/c1-4-18-12(2)15-13(17)7-5-8-14(15)19-10-6-9-16(3,20)11-19/h5,7-8,12,18,20H,4,6,9-11H2,1-3H3. The van der Waals surface area contributed by atoms with Gasteiger partial charge in [0.1, 0.15) is 5.82 Å². The SMILES string of the molecule is CCNC(C)c1c(F)cccc1N1CCCC(C)(O)C1. The molecule has 1 heterocycles. The Morgan fingerprint density at radius 3 is 2.90 bits per heavy atom. The minimum atomic E-state index is -0.691. The van der Waals surface area contributed by atoms with Gasteiger partial charge < -0.3 is 15.3 Å². The molecule has 0 saturated carbocycles. The zero-order valence-corrected chi connectivity index (χ0v) is 12.6. The molecule has 1 aliphatic heterocycles. The molecule has 112 valence electrons. The number of nitrogens with zero attached hydrogens (tertiary/aromatic N) is 1. The van der Waals surface area contributed by atoms with E-state index in [2.05, 4.69) is 10.2 Å². The van der Waals surface area contributed by atoms with Gasteiger partial charge in [0.25, 0.3) is 0 Å². The van der Waals surface area contributed by atoms with E-state index in [0.717, 1.165) is 31.6 Å². The molecule has 0 amide bonds. The van der Waals surface area contributed by atoms with Crippen molar-refractivity contribution in [3.05, 3.63) is 29.6 Å². The minimum Gasteiger partial charge on any atom is -0.388 e. The van der Waals surface area contributed by atoms with Crippen LogP contribution in [0.1, 0.15) is 45.2 Å². The molecule has 1 fully saturated rings. The second kappa shape index (κ2) is 6.10. The van der Waals surface area contributed by atoms with Gasteiger partial charge in [0.15, 0.2) is 0 Å². The molecule has 1 aromatic rings. The van der Waals surface area contributed by atoms with Gasteiger partial charge in [-0.15, -0.1) is 0 Å². The lowest BCUT2D eigenvalue weighted by Gasteiger charge is -2.39. The third-order valence-corrected chi connectivity index (χ3v) is 3.99. The monoisotopic (exact) mass is 280 g/mol. The van der Waals surface area contributed by atoms with Crippen LogP contribution in [0.25, 0.3) is 0 Å². The lowest BCUT2D eigenvalue weighted by molar-refractivity contribution is 0.0448. The van der Waals surface area contributed by atoms with Crippen molar-refractivity contribution in [1.82, 2.24) is 5.32 Å². The number of halogens is 1. The van der Waals surface area contributed by atoms with Crippen molar-refractivity contribution >= 4 is 5.69 Å². The third kappa shape index (κ3) is 3.30. The Bertz CT molecular complexity index is 462. The molecule has 1 aliphatic rings. The maximum atomic E-state index is 14.2. The molecule has 2 rings (SSSR count). The Balaban J connectivity index is 2.33. The van der Waals surface area contributed by atoms with Crippen molar-refractivity contribution in [2.75, 3.05) is 24.5 Å². The van der Waals surface area contributed by atoms with Crippen LogP contribution < -0.4 is 10.2 Å². The average Bonchev–Trinajstić information content (AvgIpc) is 2.37. The van der Waals surface area contributed by atoms with Gasteiger partial charge in [0.05, 0.1) is 5.60 Å². The number of nitrogens with one attached hydrogen (secondary N) is 1. The smallest absolute Gasteiger partial charge is 0.130 e. The molecule has 4 heteroatoms. The highest BCUT2D eigenvalue weighted by Gasteiger charge is 2.30. The first-order chi connectivity index (χ1) is 9.44. The van der Waals surface area contributed by atoms with Crippen LogP contribution in [-0.2, 0) is 0 Å². The summed E-state index contributed by atoms with van der Waals surface area (Å²) in [5, 5.41) is 13.5. The van der Waals surface area contributed by atoms with Crippen molar-refractivity contribution in [2.24, 2.45) is 0 Å². The number of β-amino-alcohol motifs (C(OH)–C–C–N with tert-alkyl or cyclic N) is 1. The van der Waals surface area contributed by atoms with Gasteiger partial charge in [-0.05, 0) is 45.4 Å². The van der Waals surface area contributed by atoms with Crippen molar-refractivity contribution in [3.63, 3.8) is 0 Å².